The zero-order chi connectivity index (χ0) is 8.65. The summed E-state index contributed by atoms with van der Waals surface area (Å²) in [4.78, 5) is 0. The predicted octanol–water partition coefficient (Wildman–Crippen LogP) is 4.13. The van der Waals surface area contributed by atoms with Crippen LogP contribution in [0.1, 0.15) is 51.9 Å². The zero-order valence-corrected chi connectivity index (χ0v) is 8.26. The molecule has 0 aliphatic heterocycles. The van der Waals surface area contributed by atoms with Crippen LogP contribution >= 0.6 is 0 Å². The lowest BCUT2D eigenvalue weighted by Gasteiger charge is -2.15. The van der Waals surface area contributed by atoms with Crippen LogP contribution in [0.4, 0.5) is 0 Å². The van der Waals surface area contributed by atoms with Gasteiger partial charge in [-0.15, -0.1) is 0 Å². The van der Waals surface area contributed by atoms with Crippen molar-refractivity contribution in [1.82, 2.24) is 0 Å². The molecule has 0 aromatic rings. The van der Waals surface area contributed by atoms with Gasteiger partial charge in [-0.1, -0.05) is 44.8 Å². The van der Waals surface area contributed by atoms with Crippen LogP contribution in [0.3, 0.4) is 0 Å². The summed E-state index contributed by atoms with van der Waals surface area (Å²) >= 11 is 0. The van der Waals surface area contributed by atoms with Crippen LogP contribution < -0.4 is 0 Å². The van der Waals surface area contributed by atoms with Gasteiger partial charge in [0, 0.05) is 0 Å². The number of hydrogen-bond donors (Lipinski definition) is 0. The minimum absolute atomic E-state index is 0.852. The highest BCUT2D eigenvalue weighted by Crippen LogP contribution is 2.22. The number of allylic oxidation sites excluding steroid dienone is 2. The largest absolute Gasteiger partial charge is 0.0885 e. The van der Waals surface area contributed by atoms with Crippen molar-refractivity contribution in [2.75, 3.05) is 0 Å². The quantitative estimate of drug-likeness (QED) is 0.540. The average molecular weight is 165 g/mol. The van der Waals surface area contributed by atoms with Gasteiger partial charge in [0.1, 0.15) is 0 Å². The Hall–Kier alpha value is -0.260. The van der Waals surface area contributed by atoms with Crippen molar-refractivity contribution in [3.63, 3.8) is 0 Å². The Labute approximate surface area is 77.1 Å². The van der Waals surface area contributed by atoms with Gasteiger partial charge >= 0.3 is 0 Å². The first-order valence-electron chi connectivity index (χ1n) is 5.42. The fraction of sp³-hybridized carbons (Fsp3) is 0.750. The van der Waals surface area contributed by atoms with Gasteiger partial charge in [-0.3, -0.25) is 0 Å². The molecule has 0 aromatic heterocycles. The molecule has 0 amide bonds. The summed E-state index contributed by atoms with van der Waals surface area (Å²) in [7, 11) is 0. The molecule has 1 rings (SSSR count). The molecule has 1 saturated carbocycles. The lowest BCUT2D eigenvalue weighted by Crippen LogP contribution is -2.00. The predicted molar refractivity (Wildman–Crippen MR) is 54.9 cm³/mol. The molecule has 69 valence electrons. The Morgan fingerprint density at radius 1 is 1.33 bits per heavy atom. The van der Waals surface area contributed by atoms with Gasteiger partial charge in [-0.25, -0.2) is 0 Å². The standard InChI is InChI=1S/C12H21/c1-2-3-9-12-10-7-5-4-6-8-11-12/h3,7,9,12H,2,4-6,8,10-11H2,1H3/b9-3+. The molecule has 0 spiro atoms. The Kier molecular flexibility index (Phi) is 5.14. The van der Waals surface area contributed by atoms with E-state index < -0.39 is 0 Å². The molecule has 1 unspecified atom stereocenters. The van der Waals surface area contributed by atoms with Gasteiger partial charge in [0.15, 0.2) is 0 Å². The molecule has 0 heterocycles. The third-order valence-electron chi connectivity index (χ3n) is 2.60. The lowest BCUT2D eigenvalue weighted by atomic mass is 9.91. The van der Waals surface area contributed by atoms with E-state index >= 15 is 0 Å². The van der Waals surface area contributed by atoms with Crippen molar-refractivity contribution in [3.8, 4) is 0 Å². The van der Waals surface area contributed by atoms with Crippen molar-refractivity contribution in [3.05, 3.63) is 18.6 Å². The van der Waals surface area contributed by atoms with E-state index in [0.29, 0.717) is 0 Å². The molecule has 0 saturated heterocycles. The van der Waals surface area contributed by atoms with E-state index in [0.717, 1.165) is 5.92 Å². The molecule has 1 aliphatic rings. The first-order valence-corrected chi connectivity index (χ1v) is 5.42. The van der Waals surface area contributed by atoms with Gasteiger partial charge in [0.05, 0.1) is 0 Å². The van der Waals surface area contributed by atoms with Crippen LogP contribution in [0.5, 0.6) is 0 Å². The van der Waals surface area contributed by atoms with E-state index in [-0.39, 0.29) is 0 Å². The molecular weight excluding hydrogens is 144 g/mol. The van der Waals surface area contributed by atoms with Gasteiger partial charge < -0.3 is 0 Å². The number of rotatable bonds is 2. The Morgan fingerprint density at radius 3 is 3.08 bits per heavy atom. The molecule has 1 atom stereocenters. The van der Waals surface area contributed by atoms with E-state index in [2.05, 4.69) is 25.5 Å². The second-order valence-corrected chi connectivity index (χ2v) is 3.76. The maximum atomic E-state index is 2.48. The molecule has 0 bridgehead atoms. The molecule has 1 fully saturated rings. The van der Waals surface area contributed by atoms with Gasteiger partial charge in [0.25, 0.3) is 0 Å². The van der Waals surface area contributed by atoms with E-state index in [9.17, 15) is 0 Å². The SMILES string of the molecule is CC/C=C/C1C[CH]CCCCC1. The summed E-state index contributed by atoms with van der Waals surface area (Å²) in [5, 5.41) is 0. The molecule has 0 heteroatoms. The fourth-order valence-corrected chi connectivity index (χ4v) is 1.83. The van der Waals surface area contributed by atoms with Crippen molar-refractivity contribution in [1.29, 1.82) is 0 Å². The molecule has 0 nitrogen and oxygen atoms in total. The maximum Gasteiger partial charge on any atom is -0.0231 e. The Morgan fingerprint density at radius 2 is 2.25 bits per heavy atom. The first-order chi connectivity index (χ1) is 5.93. The third-order valence-corrected chi connectivity index (χ3v) is 2.60. The van der Waals surface area contributed by atoms with Crippen molar-refractivity contribution >= 4 is 0 Å². The topological polar surface area (TPSA) is 0 Å². The summed E-state index contributed by atoms with van der Waals surface area (Å²) in [5.74, 6) is 0.852. The van der Waals surface area contributed by atoms with E-state index in [4.69, 9.17) is 0 Å². The summed E-state index contributed by atoms with van der Waals surface area (Å²) in [6.45, 7) is 2.21. The molecule has 0 N–H and O–H groups in total. The highest BCUT2D eigenvalue weighted by molar-refractivity contribution is 4.91. The van der Waals surface area contributed by atoms with E-state index in [1.54, 1.807) is 0 Å². The second-order valence-electron chi connectivity index (χ2n) is 3.76. The first kappa shape index (κ1) is 9.83. The summed E-state index contributed by atoms with van der Waals surface area (Å²) in [6.07, 6.45) is 16.8. The molecule has 1 radical (unpaired) electrons. The summed E-state index contributed by atoms with van der Waals surface area (Å²) in [5.41, 5.74) is 0. The van der Waals surface area contributed by atoms with Crippen LogP contribution in [0.25, 0.3) is 0 Å². The smallest absolute Gasteiger partial charge is 0.0231 e. The number of hydrogen-bond acceptors (Lipinski definition) is 0. The van der Waals surface area contributed by atoms with Crippen LogP contribution in [0.15, 0.2) is 12.2 Å². The Bertz CT molecular complexity index is 116. The molecule has 12 heavy (non-hydrogen) atoms. The highest BCUT2D eigenvalue weighted by Gasteiger charge is 2.07. The minimum atomic E-state index is 0.852. The zero-order valence-electron chi connectivity index (χ0n) is 8.26. The van der Waals surface area contributed by atoms with Crippen molar-refractivity contribution in [2.24, 2.45) is 5.92 Å². The monoisotopic (exact) mass is 165 g/mol. The van der Waals surface area contributed by atoms with E-state index in [1.807, 2.05) is 0 Å². The Balaban J connectivity index is 2.24. The summed E-state index contributed by atoms with van der Waals surface area (Å²) in [6, 6.07) is 0. The van der Waals surface area contributed by atoms with Crippen LogP contribution in [0, 0.1) is 12.3 Å². The van der Waals surface area contributed by atoms with E-state index in [1.165, 1.54) is 44.9 Å². The molecular formula is C12H21. The summed E-state index contributed by atoms with van der Waals surface area (Å²) < 4.78 is 0. The van der Waals surface area contributed by atoms with Crippen LogP contribution in [-0.2, 0) is 0 Å². The second kappa shape index (κ2) is 6.28. The average Bonchev–Trinajstić information content (AvgIpc) is 2.02. The third kappa shape index (κ3) is 3.94. The molecule has 0 aromatic carbocycles. The fourth-order valence-electron chi connectivity index (χ4n) is 1.83. The van der Waals surface area contributed by atoms with Crippen LogP contribution in [-0.4, -0.2) is 0 Å². The van der Waals surface area contributed by atoms with Crippen LogP contribution in [0.2, 0.25) is 0 Å². The molecule has 1 aliphatic carbocycles. The van der Waals surface area contributed by atoms with Crippen molar-refractivity contribution < 1.29 is 0 Å². The van der Waals surface area contributed by atoms with Gasteiger partial charge in [-0.2, -0.15) is 0 Å². The normalized spacial score (nSPS) is 22.4. The van der Waals surface area contributed by atoms with Gasteiger partial charge in [0.2, 0.25) is 0 Å². The minimum Gasteiger partial charge on any atom is -0.0885 e. The lowest BCUT2D eigenvalue weighted by molar-refractivity contribution is 0.487. The highest BCUT2D eigenvalue weighted by atomic mass is 14.1. The van der Waals surface area contributed by atoms with Gasteiger partial charge in [-0.05, 0) is 31.6 Å². The van der Waals surface area contributed by atoms with Crippen molar-refractivity contribution in [2.45, 2.75) is 51.9 Å². The maximum absolute atomic E-state index is 2.48.